The number of carbonyl (C=O) groups is 4. The van der Waals surface area contributed by atoms with Crippen molar-refractivity contribution in [3.05, 3.63) is 0 Å². The summed E-state index contributed by atoms with van der Waals surface area (Å²) in [7, 11) is 1.17. The van der Waals surface area contributed by atoms with E-state index < -0.39 is 23.5 Å². The molecule has 6 heteroatoms. The average Bonchev–Trinajstić information content (AvgIpc) is 2.17. The molecule has 0 heterocycles. The Kier molecular flexibility index (Phi) is 9.30. The molecule has 0 spiro atoms. The van der Waals surface area contributed by atoms with Crippen molar-refractivity contribution in [3.8, 4) is 0 Å². The van der Waals surface area contributed by atoms with Gasteiger partial charge in [0.05, 0.1) is 7.11 Å². The van der Waals surface area contributed by atoms with Crippen LogP contribution in [0.2, 0.25) is 0 Å². The summed E-state index contributed by atoms with van der Waals surface area (Å²) in [6.07, 6.45) is 0.750. The molecule has 0 radical (unpaired) electrons. The van der Waals surface area contributed by atoms with Gasteiger partial charge in [0.15, 0.2) is 0 Å². The van der Waals surface area contributed by atoms with Gasteiger partial charge in [-0.15, -0.1) is 0 Å². The number of aliphatic carboxylic acids is 1. The summed E-state index contributed by atoms with van der Waals surface area (Å²) < 4.78 is 4.02. The Morgan fingerprint density at radius 3 is 1.73 bits per heavy atom. The number of carboxylic acids is 1. The number of carboxylic acid groups (broad SMARTS) is 1. The van der Waals surface area contributed by atoms with Gasteiger partial charge < -0.3 is 9.84 Å². The minimum absolute atomic E-state index is 0.148. The molecular weight excluding hydrogens is 204 g/mol. The van der Waals surface area contributed by atoms with Gasteiger partial charge in [0.25, 0.3) is 0 Å². The van der Waals surface area contributed by atoms with Crippen LogP contribution < -0.4 is 0 Å². The molecule has 0 aliphatic heterocycles. The third-order valence-electron chi connectivity index (χ3n) is 1.19. The highest BCUT2D eigenvalue weighted by molar-refractivity contribution is 6.32. The van der Waals surface area contributed by atoms with E-state index in [1.807, 2.05) is 0 Å². The molecule has 0 saturated carbocycles. The molecule has 0 bridgehead atoms. The van der Waals surface area contributed by atoms with E-state index in [4.69, 9.17) is 5.11 Å². The van der Waals surface area contributed by atoms with Gasteiger partial charge >= 0.3 is 11.9 Å². The van der Waals surface area contributed by atoms with Crippen molar-refractivity contribution >= 4 is 23.5 Å². The van der Waals surface area contributed by atoms with E-state index >= 15 is 0 Å². The van der Waals surface area contributed by atoms with Gasteiger partial charge in [-0.3, -0.25) is 9.59 Å². The molecule has 86 valence electrons. The molecule has 0 aromatic carbocycles. The molecule has 0 aromatic heterocycles. The number of methoxy groups -OCH3 is 1. The Hall–Kier alpha value is -1.72. The highest BCUT2D eigenvalue weighted by atomic mass is 16.5. The maximum Gasteiger partial charge on any atom is 0.374 e. The van der Waals surface area contributed by atoms with Crippen molar-refractivity contribution in [2.45, 2.75) is 26.7 Å². The first-order chi connectivity index (χ1) is 6.86. The predicted molar refractivity (Wildman–Crippen MR) is 50.2 cm³/mol. The van der Waals surface area contributed by atoms with Crippen LogP contribution in [0.25, 0.3) is 0 Å². The van der Waals surface area contributed by atoms with E-state index in [2.05, 4.69) is 4.74 Å². The smallest absolute Gasteiger partial charge is 0.374 e. The molecule has 0 atom stereocenters. The van der Waals surface area contributed by atoms with Crippen molar-refractivity contribution in [1.82, 2.24) is 0 Å². The van der Waals surface area contributed by atoms with Gasteiger partial charge in [0.1, 0.15) is 0 Å². The third-order valence-corrected chi connectivity index (χ3v) is 1.19. The predicted octanol–water partition coefficient (Wildman–Crippen LogP) is 0.189. The van der Waals surface area contributed by atoms with Crippen LogP contribution in [0, 0.1) is 0 Å². The maximum absolute atomic E-state index is 10.1. The van der Waals surface area contributed by atoms with E-state index in [1.54, 1.807) is 6.92 Å². The molecule has 6 nitrogen and oxygen atoms in total. The summed E-state index contributed by atoms with van der Waals surface area (Å²) >= 11 is 0. The lowest BCUT2D eigenvalue weighted by Gasteiger charge is -1.86. The van der Waals surface area contributed by atoms with Gasteiger partial charge in [0, 0.05) is 13.3 Å². The normalized spacial score (nSPS) is 8.20. The monoisotopic (exact) mass is 218 g/mol. The fourth-order valence-electron chi connectivity index (χ4n) is 0.478. The minimum Gasteiger partial charge on any atom is -0.476 e. The van der Waals surface area contributed by atoms with E-state index in [0.29, 0.717) is 6.42 Å². The summed E-state index contributed by atoms with van der Waals surface area (Å²) in [5.74, 6) is -3.39. The SMILES string of the molecule is CCCC(=O)C(=O)O.COC(=O)C(C)=O. The van der Waals surface area contributed by atoms with Crippen LogP contribution in [0.5, 0.6) is 0 Å². The number of carbonyl (C=O) groups excluding carboxylic acids is 3. The van der Waals surface area contributed by atoms with Gasteiger partial charge in [-0.1, -0.05) is 6.92 Å². The molecule has 0 saturated heterocycles. The first-order valence-corrected chi connectivity index (χ1v) is 4.21. The Morgan fingerprint density at radius 2 is 1.67 bits per heavy atom. The zero-order chi connectivity index (χ0) is 12.4. The van der Waals surface area contributed by atoms with Crippen LogP contribution >= 0.6 is 0 Å². The number of esters is 1. The lowest BCUT2D eigenvalue weighted by Crippen LogP contribution is -2.10. The van der Waals surface area contributed by atoms with Crippen molar-refractivity contribution in [3.63, 3.8) is 0 Å². The minimum atomic E-state index is -1.33. The Balaban J connectivity index is 0. The van der Waals surface area contributed by atoms with E-state index in [9.17, 15) is 19.2 Å². The lowest BCUT2D eigenvalue weighted by atomic mass is 10.2. The topological polar surface area (TPSA) is 97.7 Å². The van der Waals surface area contributed by atoms with Crippen molar-refractivity contribution in [2.75, 3.05) is 7.11 Å². The number of hydrogen-bond acceptors (Lipinski definition) is 5. The summed E-state index contributed by atoms with van der Waals surface area (Å²) in [6, 6.07) is 0. The van der Waals surface area contributed by atoms with Crippen molar-refractivity contribution < 1.29 is 29.0 Å². The molecule has 0 unspecified atom stereocenters. The molecule has 0 fully saturated rings. The van der Waals surface area contributed by atoms with Crippen LogP contribution in [-0.4, -0.2) is 35.7 Å². The van der Waals surface area contributed by atoms with E-state index in [0.717, 1.165) is 6.92 Å². The summed E-state index contributed by atoms with van der Waals surface area (Å²) in [6.45, 7) is 2.92. The second kappa shape index (κ2) is 8.86. The standard InChI is InChI=1S/C5H8O3.C4H6O3/c1-2-3-4(6)5(7)8;1-3(5)4(6)7-2/h2-3H2,1H3,(H,7,8);1-2H3. The number of ketones is 2. The molecule has 0 aromatic rings. The van der Waals surface area contributed by atoms with Crippen LogP contribution in [0.4, 0.5) is 0 Å². The molecule has 0 aliphatic rings. The van der Waals surface area contributed by atoms with E-state index in [1.165, 1.54) is 7.11 Å². The molecule has 0 rings (SSSR count). The van der Waals surface area contributed by atoms with E-state index in [-0.39, 0.29) is 6.42 Å². The van der Waals surface area contributed by atoms with Gasteiger partial charge in [0.2, 0.25) is 11.6 Å². The molecule has 15 heavy (non-hydrogen) atoms. The second-order valence-electron chi connectivity index (χ2n) is 2.53. The van der Waals surface area contributed by atoms with Crippen molar-refractivity contribution in [2.24, 2.45) is 0 Å². The van der Waals surface area contributed by atoms with Gasteiger partial charge in [-0.25, -0.2) is 9.59 Å². The van der Waals surface area contributed by atoms with Crippen LogP contribution in [0.1, 0.15) is 26.7 Å². The molecular formula is C9H14O6. The number of rotatable bonds is 4. The largest absolute Gasteiger partial charge is 0.476 e. The first kappa shape index (κ1) is 15.7. The van der Waals surface area contributed by atoms with Crippen LogP contribution in [0.15, 0.2) is 0 Å². The first-order valence-electron chi connectivity index (χ1n) is 4.21. The fourth-order valence-corrected chi connectivity index (χ4v) is 0.478. The highest BCUT2D eigenvalue weighted by Gasteiger charge is 2.07. The number of Topliss-reactive ketones (excluding diaryl/α,β-unsaturated/α-hetero) is 2. The Bertz CT molecular complexity index is 255. The summed E-state index contributed by atoms with van der Waals surface area (Å²) in [5.41, 5.74) is 0. The second-order valence-corrected chi connectivity index (χ2v) is 2.53. The quantitative estimate of drug-likeness (QED) is 0.534. The summed E-state index contributed by atoms with van der Waals surface area (Å²) in [5, 5.41) is 7.96. The van der Waals surface area contributed by atoms with Crippen molar-refractivity contribution in [1.29, 1.82) is 0 Å². The van der Waals surface area contributed by atoms with Gasteiger partial charge in [-0.2, -0.15) is 0 Å². The molecule has 0 amide bonds. The number of ether oxygens (including phenoxy) is 1. The lowest BCUT2D eigenvalue weighted by molar-refractivity contribution is -0.150. The maximum atomic E-state index is 10.1. The molecule has 1 N–H and O–H groups in total. The molecule has 0 aliphatic carbocycles. The average molecular weight is 218 g/mol. The number of hydrogen-bond donors (Lipinski definition) is 1. The summed E-state index contributed by atoms with van der Waals surface area (Å²) in [4.78, 5) is 39.7. The zero-order valence-corrected chi connectivity index (χ0v) is 8.90. The van der Waals surface area contributed by atoms with Crippen LogP contribution in [0.3, 0.4) is 0 Å². The Labute approximate surface area is 87.2 Å². The highest BCUT2D eigenvalue weighted by Crippen LogP contribution is 1.87. The van der Waals surface area contributed by atoms with Gasteiger partial charge in [-0.05, 0) is 6.42 Å². The van der Waals surface area contributed by atoms with Crippen LogP contribution in [-0.2, 0) is 23.9 Å². The third kappa shape index (κ3) is 10.2. The Morgan fingerprint density at radius 1 is 1.20 bits per heavy atom. The zero-order valence-electron chi connectivity index (χ0n) is 8.90. The fraction of sp³-hybridized carbons (Fsp3) is 0.556.